The maximum atomic E-state index is 6.00. The van der Waals surface area contributed by atoms with E-state index in [0.29, 0.717) is 13.2 Å². The van der Waals surface area contributed by atoms with Crippen LogP contribution < -0.4 is 20.7 Å². The van der Waals surface area contributed by atoms with Crippen molar-refractivity contribution in [3.8, 4) is 45.6 Å². The summed E-state index contributed by atoms with van der Waals surface area (Å²) in [6.45, 7) is 19.2. The number of benzene rings is 4. The van der Waals surface area contributed by atoms with Crippen molar-refractivity contribution >= 4 is 46.9 Å². The molecule has 0 aliphatic carbocycles. The quantitative estimate of drug-likeness (QED) is 0.0447. The average molecular weight is 1190 g/mol. The first-order chi connectivity index (χ1) is 37.7. The Kier molecular flexibility index (Phi) is 33.8. The summed E-state index contributed by atoms with van der Waals surface area (Å²) in [7, 11) is -3.53. The predicted octanol–water partition coefficient (Wildman–Crippen LogP) is 12.3. The molecular weight excluding hydrogens is 1130 g/mol. The molecule has 6 heterocycles. The Morgan fingerprint density at radius 1 is 0.425 bits per heavy atom. The first-order valence-electron chi connectivity index (χ1n) is 24.9. The van der Waals surface area contributed by atoms with Gasteiger partial charge in [-0.25, -0.2) is 9.97 Å². The Bertz CT molecular complexity index is 2790. The molecule has 0 amide bonds. The zero-order valence-corrected chi connectivity index (χ0v) is 50.8. The van der Waals surface area contributed by atoms with Crippen molar-refractivity contribution in [2.24, 2.45) is 0 Å². The predicted molar refractivity (Wildman–Crippen MR) is 329 cm³/mol. The van der Waals surface area contributed by atoms with E-state index >= 15 is 0 Å². The zero-order chi connectivity index (χ0) is 54.8. The van der Waals surface area contributed by atoms with Crippen molar-refractivity contribution in [2.75, 3.05) is 13.2 Å². The Hall–Kier alpha value is -7.74. The van der Waals surface area contributed by atoms with E-state index in [1.54, 1.807) is 30.9 Å². The third kappa shape index (κ3) is 24.9. The van der Waals surface area contributed by atoms with Crippen LogP contribution in [0.1, 0.15) is 0 Å². The minimum absolute atomic E-state index is 0. The summed E-state index contributed by atoms with van der Waals surface area (Å²) in [5.74, 6) is 0. The van der Waals surface area contributed by atoms with Crippen LogP contribution >= 0.6 is 0 Å². The average Bonchev–Trinajstić information content (AvgIpc) is 3.53. The molecule has 80 heavy (non-hydrogen) atoms. The summed E-state index contributed by atoms with van der Waals surface area (Å²) in [5, 5.41) is 17.2. The van der Waals surface area contributed by atoms with Crippen LogP contribution in [0.15, 0.2) is 281 Å². The summed E-state index contributed by atoms with van der Waals surface area (Å²) in [5.41, 5.74) is 6.92. The van der Waals surface area contributed by atoms with Crippen LogP contribution in [0.5, 0.6) is 0 Å². The van der Waals surface area contributed by atoms with Crippen molar-refractivity contribution < 1.29 is 42.4 Å². The molecule has 0 unspecified atom stereocenters. The van der Waals surface area contributed by atoms with E-state index in [1.165, 1.54) is 20.7 Å². The largest absolute Gasteiger partial charge is 0.407 e. The molecule has 4 aromatic carbocycles. The molecule has 0 N–H and O–H groups in total. The SMILES string of the molecule is C=CCO[SiH](c1ccccc1)c1ccccc1.C=CCO[Si](c1ccccc1)c1ccccc1.N#N.[CH2-][Si](C)(C)C.[CH3-].[Co].[Co].c1ccc(-c2cccc(-c3ccccn3)n2)nc1.c1ccc(-c2cccc(-c3ccccn3)n2)nc1. The topological polar surface area (TPSA) is 143 Å². The maximum Gasteiger partial charge on any atom is 0.283 e. The molecule has 0 saturated carbocycles. The van der Waals surface area contributed by atoms with Crippen molar-refractivity contribution in [1.82, 2.24) is 29.9 Å². The number of hydrogen-bond donors (Lipinski definition) is 0. The molecule has 0 fully saturated rings. The fourth-order valence-corrected chi connectivity index (χ4v) is 11.1. The van der Waals surface area contributed by atoms with Gasteiger partial charge in [-0.2, -0.15) is 0 Å². The van der Waals surface area contributed by atoms with Crippen LogP contribution in [0.25, 0.3) is 45.6 Å². The van der Waals surface area contributed by atoms with Gasteiger partial charge in [0.15, 0.2) is 0 Å². The molecule has 0 atom stereocenters. The van der Waals surface area contributed by atoms with Gasteiger partial charge in [0, 0.05) is 69.1 Å². The van der Waals surface area contributed by atoms with Crippen LogP contribution in [-0.2, 0) is 42.4 Å². The fraction of sp³-hybridized carbons (Fsp3) is 0.0769. The van der Waals surface area contributed by atoms with Crippen molar-refractivity contribution in [3.63, 3.8) is 0 Å². The van der Waals surface area contributed by atoms with E-state index in [2.05, 4.69) is 166 Å². The number of pyridine rings is 6. The third-order valence-corrected chi connectivity index (χ3v) is 14.9. The summed E-state index contributed by atoms with van der Waals surface area (Å²) < 4.78 is 11.9. The Morgan fingerprint density at radius 3 is 0.950 bits per heavy atom. The molecule has 15 heteroatoms. The van der Waals surface area contributed by atoms with E-state index in [4.69, 9.17) is 19.6 Å². The molecule has 3 radical (unpaired) electrons. The van der Waals surface area contributed by atoms with Gasteiger partial charge >= 0.3 is 0 Å². The summed E-state index contributed by atoms with van der Waals surface area (Å²) in [6, 6.07) is 76.7. The van der Waals surface area contributed by atoms with E-state index in [9.17, 15) is 0 Å². The molecule has 6 aromatic heterocycles. The van der Waals surface area contributed by atoms with Gasteiger partial charge in [-0.3, -0.25) is 19.9 Å². The number of rotatable bonds is 14. The molecule has 0 saturated heterocycles. The molecular formula is C65H67Co2N8O2Si3-2. The van der Waals surface area contributed by atoms with Crippen LogP contribution in [-0.4, -0.2) is 69.3 Å². The minimum atomic E-state index is -1.54. The number of aromatic nitrogens is 6. The van der Waals surface area contributed by atoms with Gasteiger partial charge in [-0.15, -0.1) is 21.2 Å². The van der Waals surface area contributed by atoms with Gasteiger partial charge in [-0.1, -0.05) is 190 Å². The smallest absolute Gasteiger partial charge is 0.283 e. The maximum absolute atomic E-state index is 6.00. The normalized spacial score (nSPS) is 9.80. The van der Waals surface area contributed by atoms with E-state index < -0.39 is 26.2 Å². The Morgan fingerprint density at radius 2 is 0.688 bits per heavy atom. The van der Waals surface area contributed by atoms with Gasteiger partial charge in [0.25, 0.3) is 9.04 Å². The molecule has 10 rings (SSSR count). The van der Waals surface area contributed by atoms with E-state index in [-0.39, 0.29) is 41.0 Å². The molecule has 0 bridgehead atoms. The second-order valence-corrected chi connectivity index (χ2v) is 27.4. The second-order valence-electron chi connectivity index (χ2n) is 17.7. The summed E-state index contributed by atoms with van der Waals surface area (Å²) in [6.07, 6.45) is 10.7. The fourth-order valence-electron chi connectivity index (χ4n) is 6.96. The van der Waals surface area contributed by atoms with Crippen molar-refractivity contribution in [1.29, 1.82) is 10.8 Å². The van der Waals surface area contributed by atoms with Crippen LogP contribution in [0.3, 0.4) is 0 Å². The van der Waals surface area contributed by atoms with Crippen molar-refractivity contribution in [2.45, 2.75) is 19.6 Å². The third-order valence-electron chi connectivity index (χ3n) is 10.2. The summed E-state index contributed by atoms with van der Waals surface area (Å²) in [4.78, 5) is 26.4. The zero-order valence-electron chi connectivity index (χ0n) is 45.6. The first-order valence-corrected chi connectivity index (χ1v) is 31.6. The van der Waals surface area contributed by atoms with Crippen LogP contribution in [0, 0.1) is 24.8 Å². The molecule has 0 aliphatic heterocycles. The molecule has 0 aliphatic rings. The van der Waals surface area contributed by atoms with Crippen molar-refractivity contribution in [3.05, 3.63) is 295 Å². The molecule has 10 aromatic rings. The molecule has 411 valence electrons. The standard InChI is InChI=1S/2C15H11N3.C15H16OSi.C15H15OSi.C4H11Si.CH3.2Co.N2/c2*1-3-10-16-12(6-1)14-8-5-9-15(18-14)13-7-2-4-11-17-13;2*1-2-13-16-17(14-9-5-3-6-10-14)15-11-7-4-8-12-15;1-5(2,3)4;;;;1-2/h2*1-11H;2-12,17H,1,13H2;2-12H,1,13H2;1H2,2-4H3;1H3;;;/q;;;;2*-1;;;. The van der Waals surface area contributed by atoms with Gasteiger partial charge in [0.1, 0.15) is 0 Å². The van der Waals surface area contributed by atoms with Gasteiger partial charge in [-0.05, 0) is 93.5 Å². The second kappa shape index (κ2) is 39.6. The van der Waals surface area contributed by atoms with E-state index in [0.717, 1.165) is 45.6 Å². The van der Waals surface area contributed by atoms with Gasteiger partial charge in [0.2, 0.25) is 9.04 Å². The van der Waals surface area contributed by atoms with Crippen LogP contribution in [0.4, 0.5) is 0 Å². The number of hydrogen-bond acceptors (Lipinski definition) is 10. The van der Waals surface area contributed by atoms with Crippen LogP contribution in [0.2, 0.25) is 19.6 Å². The molecule has 0 spiro atoms. The monoisotopic (exact) mass is 1190 g/mol. The Balaban J connectivity index is 0.000000346. The van der Waals surface area contributed by atoms with Gasteiger partial charge in [0.05, 0.1) is 58.8 Å². The minimum Gasteiger partial charge on any atom is -0.407 e. The Labute approximate surface area is 499 Å². The number of nitrogens with zero attached hydrogens (tertiary/aromatic N) is 8. The van der Waals surface area contributed by atoms with Gasteiger partial charge < -0.3 is 22.8 Å². The van der Waals surface area contributed by atoms with E-state index in [1.807, 2.05) is 140 Å². The first kappa shape index (κ1) is 68.4. The molecule has 10 nitrogen and oxygen atoms in total. The summed E-state index contributed by atoms with van der Waals surface area (Å²) >= 11 is 0.